The standard InChI is InChI=1S/C28H30Cl2N6O4S/c1-28(2,3)40-27(38)35-12-10-34(11-13-35)21-9-8-17(14-22(21)39-4)32-26-31-15-18-24(33-26)41-16-36(25(18)37)23-19(29)6-5-7-20(23)30/h5-9,14-15H,10-13,16H2,1-4H3,(H,31,32,33). The zero-order valence-electron chi connectivity index (χ0n) is 23.1. The molecule has 0 unspecified atom stereocenters. The van der Waals surface area contributed by atoms with E-state index in [1.54, 1.807) is 30.2 Å². The number of halogens is 2. The average Bonchev–Trinajstić information content (AvgIpc) is 2.93. The lowest BCUT2D eigenvalue weighted by Gasteiger charge is -2.37. The second-order valence-corrected chi connectivity index (χ2v) is 12.2. The van der Waals surface area contributed by atoms with Crippen LogP contribution in [0.25, 0.3) is 0 Å². The van der Waals surface area contributed by atoms with Crippen molar-refractivity contribution in [3.8, 4) is 5.75 Å². The summed E-state index contributed by atoms with van der Waals surface area (Å²) in [6, 6.07) is 10.9. The van der Waals surface area contributed by atoms with Crippen LogP contribution in [-0.2, 0) is 4.74 Å². The molecule has 2 aromatic carbocycles. The highest BCUT2D eigenvalue weighted by Gasteiger charge is 2.31. The first-order valence-electron chi connectivity index (χ1n) is 13.0. The van der Waals surface area contributed by atoms with E-state index in [1.165, 1.54) is 22.9 Å². The minimum absolute atomic E-state index is 0.266. The van der Waals surface area contributed by atoms with Crippen LogP contribution in [0.1, 0.15) is 31.1 Å². The number of thioether (sulfide) groups is 1. The lowest BCUT2D eigenvalue weighted by atomic mass is 10.2. The molecule has 41 heavy (non-hydrogen) atoms. The van der Waals surface area contributed by atoms with Gasteiger partial charge in [-0.25, -0.2) is 14.8 Å². The Morgan fingerprint density at radius 3 is 2.44 bits per heavy atom. The summed E-state index contributed by atoms with van der Waals surface area (Å²) in [6.07, 6.45) is 1.21. The number of hydrogen-bond donors (Lipinski definition) is 1. The van der Waals surface area contributed by atoms with Crippen LogP contribution in [-0.4, -0.2) is 71.6 Å². The van der Waals surface area contributed by atoms with Crippen molar-refractivity contribution in [1.82, 2.24) is 14.9 Å². The zero-order valence-corrected chi connectivity index (χ0v) is 25.4. The molecule has 13 heteroatoms. The van der Waals surface area contributed by atoms with E-state index in [1.807, 2.05) is 39.0 Å². The van der Waals surface area contributed by atoms with E-state index in [0.29, 0.717) is 70.1 Å². The number of amides is 2. The van der Waals surface area contributed by atoms with Gasteiger partial charge >= 0.3 is 6.09 Å². The molecule has 10 nitrogen and oxygen atoms in total. The number of piperazine rings is 1. The zero-order chi connectivity index (χ0) is 29.3. The number of rotatable bonds is 5. The predicted octanol–water partition coefficient (Wildman–Crippen LogP) is 6.30. The van der Waals surface area contributed by atoms with Gasteiger partial charge in [0.2, 0.25) is 5.95 Å². The van der Waals surface area contributed by atoms with Gasteiger partial charge in [0.15, 0.2) is 0 Å². The number of nitrogens with zero attached hydrogens (tertiary/aromatic N) is 5. The van der Waals surface area contributed by atoms with Gasteiger partial charge in [-0.3, -0.25) is 9.69 Å². The molecule has 0 aliphatic carbocycles. The summed E-state index contributed by atoms with van der Waals surface area (Å²) in [5.41, 5.74) is 1.98. The summed E-state index contributed by atoms with van der Waals surface area (Å²) >= 11 is 14.1. The van der Waals surface area contributed by atoms with Crippen molar-refractivity contribution in [2.24, 2.45) is 0 Å². The molecule has 0 atom stereocenters. The Balaban J connectivity index is 1.26. The maximum Gasteiger partial charge on any atom is 0.410 e. The number of benzene rings is 2. The van der Waals surface area contributed by atoms with Crippen LogP contribution >= 0.6 is 35.0 Å². The van der Waals surface area contributed by atoms with Crippen molar-refractivity contribution in [2.45, 2.75) is 31.4 Å². The summed E-state index contributed by atoms with van der Waals surface area (Å²) in [4.78, 5) is 40.0. The van der Waals surface area contributed by atoms with E-state index < -0.39 is 5.60 Å². The van der Waals surface area contributed by atoms with Gasteiger partial charge in [-0.05, 0) is 45.0 Å². The number of ether oxygens (including phenoxy) is 2. The normalized spacial score (nSPS) is 15.5. The Hall–Kier alpha value is -3.41. The van der Waals surface area contributed by atoms with Crippen LogP contribution in [0.5, 0.6) is 5.75 Å². The number of anilines is 4. The molecule has 3 aromatic rings. The van der Waals surface area contributed by atoms with E-state index in [2.05, 4.69) is 20.2 Å². The highest BCUT2D eigenvalue weighted by Crippen LogP contribution is 2.40. The monoisotopic (exact) mass is 616 g/mol. The number of fused-ring (bicyclic) bond motifs is 1. The molecule has 0 spiro atoms. The second-order valence-electron chi connectivity index (χ2n) is 10.5. The predicted molar refractivity (Wildman–Crippen MR) is 162 cm³/mol. The number of nitrogens with one attached hydrogen (secondary N) is 1. The molecule has 216 valence electrons. The maximum absolute atomic E-state index is 13.2. The molecule has 2 aliphatic heterocycles. The van der Waals surface area contributed by atoms with E-state index in [0.717, 1.165) is 11.4 Å². The third-order valence-corrected chi connectivity index (χ3v) is 8.06. The van der Waals surface area contributed by atoms with Crippen molar-refractivity contribution < 1.29 is 19.1 Å². The maximum atomic E-state index is 13.2. The number of methoxy groups -OCH3 is 1. The van der Waals surface area contributed by atoms with E-state index in [4.69, 9.17) is 32.7 Å². The Morgan fingerprint density at radius 2 is 1.78 bits per heavy atom. The number of hydrogen-bond acceptors (Lipinski definition) is 9. The van der Waals surface area contributed by atoms with Crippen molar-refractivity contribution >= 4 is 70.0 Å². The molecule has 0 saturated carbocycles. The molecule has 3 heterocycles. The van der Waals surface area contributed by atoms with Gasteiger partial charge in [-0.1, -0.05) is 41.0 Å². The van der Waals surface area contributed by atoms with Crippen LogP contribution in [0.4, 0.5) is 27.8 Å². The van der Waals surface area contributed by atoms with Crippen molar-refractivity contribution in [3.63, 3.8) is 0 Å². The van der Waals surface area contributed by atoms with Crippen molar-refractivity contribution in [3.05, 3.63) is 58.2 Å². The molecule has 1 aromatic heterocycles. The van der Waals surface area contributed by atoms with E-state index in [9.17, 15) is 9.59 Å². The minimum atomic E-state index is -0.526. The Morgan fingerprint density at radius 1 is 1.07 bits per heavy atom. The van der Waals surface area contributed by atoms with Gasteiger partial charge in [-0.2, -0.15) is 0 Å². The van der Waals surface area contributed by atoms with Crippen LogP contribution < -0.4 is 19.9 Å². The van der Waals surface area contributed by atoms with Gasteiger partial charge in [0.1, 0.15) is 16.4 Å². The average molecular weight is 618 g/mol. The Labute approximate surface area is 252 Å². The first-order chi connectivity index (χ1) is 19.5. The fraction of sp³-hybridized carbons (Fsp3) is 0.357. The van der Waals surface area contributed by atoms with Gasteiger partial charge < -0.3 is 24.6 Å². The van der Waals surface area contributed by atoms with Gasteiger partial charge in [0.25, 0.3) is 5.91 Å². The summed E-state index contributed by atoms with van der Waals surface area (Å²) in [5.74, 6) is 1.08. The highest BCUT2D eigenvalue weighted by molar-refractivity contribution is 7.99. The first-order valence-corrected chi connectivity index (χ1v) is 14.7. The number of carbonyl (C=O) groups is 2. The smallest absolute Gasteiger partial charge is 0.410 e. The molecule has 2 aliphatic rings. The molecular formula is C28H30Cl2N6O4S. The van der Waals surface area contributed by atoms with Crippen molar-refractivity contribution in [2.75, 3.05) is 54.3 Å². The molecule has 0 radical (unpaired) electrons. The third kappa shape index (κ3) is 6.42. The number of carbonyl (C=O) groups excluding carboxylic acids is 2. The fourth-order valence-electron chi connectivity index (χ4n) is 4.53. The SMILES string of the molecule is COc1cc(Nc2ncc3c(n2)SCN(c2c(Cl)cccc2Cl)C3=O)ccc1N1CCN(C(=O)OC(C)(C)C)CC1. The summed E-state index contributed by atoms with van der Waals surface area (Å²) in [5, 5.41) is 4.57. The lowest BCUT2D eigenvalue weighted by Crippen LogP contribution is -2.50. The topological polar surface area (TPSA) is 100 Å². The van der Waals surface area contributed by atoms with E-state index >= 15 is 0 Å². The molecule has 2 amide bonds. The summed E-state index contributed by atoms with van der Waals surface area (Å²) < 4.78 is 11.2. The largest absolute Gasteiger partial charge is 0.495 e. The van der Waals surface area contributed by atoms with Gasteiger partial charge in [0.05, 0.1) is 40.0 Å². The minimum Gasteiger partial charge on any atom is -0.495 e. The van der Waals surface area contributed by atoms with Gasteiger partial charge in [0, 0.05) is 44.1 Å². The van der Waals surface area contributed by atoms with Crippen LogP contribution in [0.2, 0.25) is 10.0 Å². The Kier molecular flexibility index (Phi) is 8.40. The molecule has 0 bridgehead atoms. The van der Waals surface area contributed by atoms with Crippen LogP contribution in [0.3, 0.4) is 0 Å². The van der Waals surface area contributed by atoms with Crippen LogP contribution in [0, 0.1) is 0 Å². The number of para-hydroxylation sites is 1. The highest BCUT2D eigenvalue weighted by atomic mass is 35.5. The van der Waals surface area contributed by atoms with Crippen molar-refractivity contribution in [1.29, 1.82) is 0 Å². The summed E-state index contributed by atoms with van der Waals surface area (Å²) in [6.45, 7) is 8.00. The van der Waals surface area contributed by atoms with Gasteiger partial charge in [-0.15, -0.1) is 0 Å². The number of aromatic nitrogens is 2. The van der Waals surface area contributed by atoms with Crippen LogP contribution in [0.15, 0.2) is 47.6 Å². The Bertz CT molecular complexity index is 1460. The molecule has 1 fully saturated rings. The lowest BCUT2D eigenvalue weighted by molar-refractivity contribution is 0.0240. The quantitative estimate of drug-likeness (QED) is 0.331. The molecule has 5 rings (SSSR count). The first kappa shape index (κ1) is 29.1. The molecule has 1 N–H and O–H groups in total. The fourth-order valence-corrected chi connectivity index (χ4v) is 6.07. The molecular weight excluding hydrogens is 587 g/mol. The molecule has 1 saturated heterocycles. The second kappa shape index (κ2) is 11.8. The third-order valence-electron chi connectivity index (χ3n) is 6.48. The summed E-state index contributed by atoms with van der Waals surface area (Å²) in [7, 11) is 1.62. The van der Waals surface area contributed by atoms with E-state index in [-0.39, 0.29) is 12.0 Å².